The van der Waals surface area contributed by atoms with Gasteiger partial charge in [-0.25, -0.2) is 0 Å². The van der Waals surface area contributed by atoms with Crippen LogP contribution in [0.5, 0.6) is 0 Å². The van der Waals surface area contributed by atoms with Crippen molar-refractivity contribution < 1.29 is 4.79 Å². The van der Waals surface area contributed by atoms with Gasteiger partial charge in [0, 0.05) is 13.5 Å². The van der Waals surface area contributed by atoms with E-state index in [2.05, 4.69) is 5.32 Å². The van der Waals surface area contributed by atoms with E-state index < -0.39 is 0 Å². The number of amides is 1. The molecule has 0 aromatic carbocycles. The van der Waals surface area contributed by atoms with E-state index in [4.69, 9.17) is 0 Å². The van der Waals surface area contributed by atoms with Gasteiger partial charge in [-0.15, -0.1) is 12.4 Å². The molecule has 1 N–H and O–H groups in total. The van der Waals surface area contributed by atoms with Crippen molar-refractivity contribution in [2.75, 3.05) is 7.05 Å². The van der Waals surface area contributed by atoms with E-state index >= 15 is 0 Å². The molecule has 1 amide bonds. The summed E-state index contributed by atoms with van der Waals surface area (Å²) >= 11 is 0. The molecule has 8 heavy (non-hydrogen) atoms. The number of carbonyl (C=O) groups excluding carboxylic acids is 1. The van der Waals surface area contributed by atoms with Crippen LogP contribution in [0.25, 0.3) is 0 Å². The summed E-state index contributed by atoms with van der Waals surface area (Å²) in [6.45, 7) is 1.82. The number of halogens is 1. The Morgan fingerprint density at radius 1 is 1.62 bits per heavy atom. The van der Waals surface area contributed by atoms with Crippen LogP contribution in [0, 0.1) is 0 Å². The van der Waals surface area contributed by atoms with Crippen molar-refractivity contribution in [3.63, 3.8) is 0 Å². The Morgan fingerprint density at radius 3 is 2.00 bits per heavy atom. The molecule has 0 spiro atoms. The molecule has 46 valence electrons. The van der Waals surface area contributed by atoms with Crippen LogP contribution in [0.2, 0.25) is 0 Å². The predicted molar refractivity (Wildman–Crippen MR) is 38.8 cm³/mol. The van der Waals surface area contributed by atoms with Gasteiger partial charge in [0.2, 0.25) is 5.91 Å². The van der Waals surface area contributed by atoms with E-state index in [1.54, 1.807) is 7.05 Å². The maximum absolute atomic E-state index is 10.1. The quantitative estimate of drug-likeness (QED) is 0.496. The zero-order valence-corrected chi connectivity index (χ0v) is 5.34. The maximum atomic E-state index is 10.1. The summed E-state index contributed by atoms with van der Waals surface area (Å²) in [6.07, 6.45) is 0.580. The van der Waals surface area contributed by atoms with E-state index in [1.807, 2.05) is 6.92 Å². The van der Waals surface area contributed by atoms with Gasteiger partial charge in [0.1, 0.15) is 0 Å². The fourth-order valence-corrected chi connectivity index (χ4v) is 0.177. The van der Waals surface area contributed by atoms with Crippen molar-refractivity contribution >= 4 is 37.2 Å². The molecule has 4 heteroatoms. The fourth-order valence-electron chi connectivity index (χ4n) is 0.177. The summed E-state index contributed by atoms with van der Waals surface area (Å²) in [7, 11) is 1.63. The van der Waals surface area contributed by atoms with Gasteiger partial charge >= 0.3 is 18.9 Å². The number of nitrogens with one attached hydrogen (secondary N) is 1. The Hall–Kier alpha value is 0.357. The average molecular weight is 132 g/mol. The van der Waals surface area contributed by atoms with Gasteiger partial charge in [-0.1, -0.05) is 6.92 Å². The topological polar surface area (TPSA) is 29.1 Å². The molecular formula is C4H11ClLiNO. The van der Waals surface area contributed by atoms with Crippen molar-refractivity contribution in [3.8, 4) is 0 Å². The zero-order chi connectivity index (χ0) is 4.99. The Morgan fingerprint density at radius 2 is 2.00 bits per heavy atom. The van der Waals surface area contributed by atoms with Crippen LogP contribution in [0.3, 0.4) is 0 Å². The molecule has 0 aliphatic carbocycles. The molecule has 0 aromatic rings. The minimum absolute atomic E-state index is 0. The van der Waals surface area contributed by atoms with Crippen LogP contribution in [0.4, 0.5) is 0 Å². The number of carbonyl (C=O) groups is 1. The van der Waals surface area contributed by atoms with E-state index in [9.17, 15) is 4.79 Å². The SMILES string of the molecule is CCC(=O)NC.Cl.[LiH]. The first-order valence-electron chi connectivity index (χ1n) is 2.01. The van der Waals surface area contributed by atoms with Crippen LogP contribution < -0.4 is 5.32 Å². The molecule has 0 aromatic heterocycles. The van der Waals surface area contributed by atoms with E-state index in [0.29, 0.717) is 6.42 Å². The molecule has 0 aliphatic rings. The van der Waals surface area contributed by atoms with Crippen molar-refractivity contribution in [2.24, 2.45) is 0 Å². The van der Waals surface area contributed by atoms with Crippen LogP contribution >= 0.6 is 12.4 Å². The second-order valence-electron chi connectivity index (χ2n) is 1.03. The molecule has 0 fully saturated rings. The summed E-state index contributed by atoms with van der Waals surface area (Å²) < 4.78 is 0. The summed E-state index contributed by atoms with van der Waals surface area (Å²) in [5.74, 6) is 0.0926. The first-order chi connectivity index (χ1) is 2.81. The number of hydrogen-bond donors (Lipinski definition) is 1. The van der Waals surface area contributed by atoms with Crippen LogP contribution in [0.15, 0.2) is 0 Å². The monoisotopic (exact) mass is 131 g/mol. The third kappa shape index (κ3) is 9.61. The second kappa shape index (κ2) is 10.4. The zero-order valence-electron chi connectivity index (χ0n) is 4.52. The van der Waals surface area contributed by atoms with E-state index in [-0.39, 0.29) is 37.2 Å². The van der Waals surface area contributed by atoms with Crippen molar-refractivity contribution in [2.45, 2.75) is 13.3 Å². The Balaban J connectivity index is -0.000000125. The summed E-state index contributed by atoms with van der Waals surface area (Å²) in [5.41, 5.74) is 0. The van der Waals surface area contributed by atoms with E-state index in [1.165, 1.54) is 0 Å². The predicted octanol–water partition coefficient (Wildman–Crippen LogP) is -0.0843. The van der Waals surface area contributed by atoms with Crippen LogP contribution in [-0.2, 0) is 4.79 Å². The summed E-state index contributed by atoms with van der Waals surface area (Å²) in [4.78, 5) is 10.1. The van der Waals surface area contributed by atoms with Crippen LogP contribution in [0.1, 0.15) is 13.3 Å². The van der Waals surface area contributed by atoms with Crippen LogP contribution in [-0.4, -0.2) is 31.8 Å². The molecule has 2 nitrogen and oxygen atoms in total. The second-order valence-corrected chi connectivity index (χ2v) is 1.03. The molecule has 0 saturated heterocycles. The van der Waals surface area contributed by atoms with Gasteiger partial charge in [0.15, 0.2) is 0 Å². The average Bonchev–Trinajstić information content (AvgIpc) is 1.65. The normalized spacial score (nSPS) is 5.75. The Labute approximate surface area is 68.0 Å². The standard InChI is InChI=1S/C4H9NO.ClH.Li.H/c1-3-4(6)5-2;;;/h3H2,1-2H3,(H,5,6);1H;;. The van der Waals surface area contributed by atoms with Crippen molar-refractivity contribution in [1.82, 2.24) is 5.32 Å². The molecule has 0 atom stereocenters. The molecule has 0 unspecified atom stereocenters. The van der Waals surface area contributed by atoms with Crippen molar-refractivity contribution in [1.29, 1.82) is 0 Å². The molecule has 0 heterocycles. The molecule has 0 saturated carbocycles. The third-order valence-corrected chi connectivity index (χ3v) is 0.600. The van der Waals surface area contributed by atoms with Gasteiger partial charge in [-0.2, -0.15) is 0 Å². The fraction of sp³-hybridized carbons (Fsp3) is 0.750. The first kappa shape index (κ1) is 15.8. The summed E-state index contributed by atoms with van der Waals surface area (Å²) in [5, 5.41) is 2.48. The third-order valence-electron chi connectivity index (χ3n) is 0.600. The number of hydrogen-bond acceptors (Lipinski definition) is 1. The molecule has 0 bridgehead atoms. The minimum atomic E-state index is 0. The van der Waals surface area contributed by atoms with Gasteiger partial charge in [0.25, 0.3) is 0 Å². The Kier molecular flexibility index (Phi) is 20.4. The Bertz CT molecular complexity index is 54.0. The van der Waals surface area contributed by atoms with Crippen molar-refractivity contribution in [3.05, 3.63) is 0 Å². The number of rotatable bonds is 1. The summed E-state index contributed by atoms with van der Waals surface area (Å²) in [6, 6.07) is 0. The van der Waals surface area contributed by atoms with Gasteiger partial charge in [-0.3, -0.25) is 4.79 Å². The first-order valence-corrected chi connectivity index (χ1v) is 2.01. The van der Waals surface area contributed by atoms with E-state index in [0.717, 1.165) is 0 Å². The molecule has 0 radical (unpaired) electrons. The van der Waals surface area contributed by atoms with Gasteiger partial charge in [0.05, 0.1) is 0 Å². The molecular weight excluding hydrogens is 120 g/mol. The van der Waals surface area contributed by atoms with Gasteiger partial charge < -0.3 is 5.32 Å². The van der Waals surface area contributed by atoms with Gasteiger partial charge in [-0.05, 0) is 0 Å². The molecule has 0 rings (SSSR count). The molecule has 0 aliphatic heterocycles.